The van der Waals surface area contributed by atoms with Gasteiger partial charge in [-0.05, 0) is 29.8 Å². The number of aryl methyl sites for hydroxylation is 1. The Morgan fingerprint density at radius 3 is 2.41 bits per heavy atom. The fourth-order valence-corrected chi connectivity index (χ4v) is 5.28. The lowest BCUT2D eigenvalue weighted by Gasteiger charge is -2.22. The van der Waals surface area contributed by atoms with Crippen molar-refractivity contribution in [3.8, 4) is 5.75 Å². The Labute approximate surface area is 191 Å². The van der Waals surface area contributed by atoms with Crippen LogP contribution in [0.5, 0.6) is 5.75 Å². The van der Waals surface area contributed by atoms with Gasteiger partial charge in [0.1, 0.15) is 5.82 Å². The zero-order valence-electron chi connectivity index (χ0n) is 17.6. The van der Waals surface area contributed by atoms with Gasteiger partial charge in [0.2, 0.25) is 0 Å². The van der Waals surface area contributed by atoms with E-state index in [4.69, 9.17) is 0 Å². The van der Waals surface area contributed by atoms with Crippen LogP contribution in [0.4, 0.5) is 27.6 Å². The minimum Gasteiger partial charge on any atom is -0.403 e. The maximum absolute atomic E-state index is 13.8. The molecular weight excluding hydrogens is 483 g/mol. The van der Waals surface area contributed by atoms with Gasteiger partial charge in [-0.25, -0.2) is 22.2 Å². The van der Waals surface area contributed by atoms with Crippen molar-refractivity contribution in [3.63, 3.8) is 0 Å². The molecule has 2 heterocycles. The molecule has 7 nitrogen and oxygen atoms in total. The summed E-state index contributed by atoms with van der Waals surface area (Å²) in [5.74, 6) is -3.19. The van der Waals surface area contributed by atoms with Crippen molar-refractivity contribution in [1.29, 1.82) is 0 Å². The molecule has 13 heteroatoms. The summed E-state index contributed by atoms with van der Waals surface area (Å²) in [5, 5.41) is 2.82. The van der Waals surface area contributed by atoms with E-state index in [1.165, 1.54) is 51.7 Å². The molecule has 3 aromatic rings. The highest BCUT2D eigenvalue weighted by atomic mass is 32.2. The van der Waals surface area contributed by atoms with Crippen molar-refractivity contribution in [1.82, 2.24) is 13.9 Å². The zero-order chi connectivity index (χ0) is 24.7. The molecule has 1 aliphatic rings. The Morgan fingerprint density at radius 1 is 1.09 bits per heavy atom. The first kappa shape index (κ1) is 24.0. The molecule has 2 aromatic carbocycles. The average molecular weight is 502 g/mol. The summed E-state index contributed by atoms with van der Waals surface area (Å²) in [6.07, 6.45) is -2.39. The second-order valence-electron chi connectivity index (χ2n) is 7.80. The van der Waals surface area contributed by atoms with Gasteiger partial charge < -0.3 is 14.6 Å². The molecule has 1 aliphatic heterocycles. The second kappa shape index (κ2) is 8.87. The van der Waals surface area contributed by atoms with Crippen LogP contribution in [-0.2, 0) is 17.1 Å². The number of hydrogen-bond acceptors (Lipinski definition) is 5. The molecular formula is C21H19F5N4O3S. The number of imidazole rings is 1. The Balaban J connectivity index is 1.65. The van der Waals surface area contributed by atoms with Crippen molar-refractivity contribution < 1.29 is 35.1 Å². The number of alkyl halides is 3. The summed E-state index contributed by atoms with van der Waals surface area (Å²) >= 11 is 0. The first-order valence-electron chi connectivity index (χ1n) is 9.98. The van der Waals surface area contributed by atoms with E-state index in [-0.39, 0.29) is 23.8 Å². The number of nitrogens with zero attached hydrogens (tertiary/aromatic N) is 3. The quantitative estimate of drug-likeness (QED) is 0.518. The number of hydrogen-bond donors (Lipinski definition) is 1. The van der Waals surface area contributed by atoms with Gasteiger partial charge in [0.05, 0.1) is 6.33 Å². The van der Waals surface area contributed by atoms with Gasteiger partial charge in [-0.3, -0.25) is 0 Å². The standard InChI is InChI=1S/C21H19F5N4O3S/c1-29-11-20(27-12-29)34(31,32)30-9-16(13-2-4-14(22)5-3-13)18(10-30)28-15-6-7-17(23)19(8-15)33-21(24,25)26/h2-8,11-12,16,18,28H,9-10H2,1H3/t16-,18+/m1/s1. The monoisotopic (exact) mass is 502 g/mol. The largest absolute Gasteiger partial charge is 0.573 e. The van der Waals surface area contributed by atoms with Crippen LogP contribution in [0, 0.1) is 11.6 Å². The van der Waals surface area contributed by atoms with Crippen molar-refractivity contribution >= 4 is 15.7 Å². The molecule has 1 fully saturated rings. The normalized spacial score (nSPS) is 19.4. The minimum atomic E-state index is -5.09. The molecule has 1 N–H and O–H groups in total. The predicted molar refractivity (Wildman–Crippen MR) is 112 cm³/mol. The smallest absolute Gasteiger partial charge is 0.403 e. The summed E-state index contributed by atoms with van der Waals surface area (Å²) in [4.78, 5) is 3.90. The molecule has 1 saturated heterocycles. The number of anilines is 1. The number of rotatable bonds is 6. The third kappa shape index (κ3) is 5.14. The third-order valence-corrected chi connectivity index (χ3v) is 7.10. The molecule has 4 rings (SSSR count). The molecule has 0 radical (unpaired) electrons. The lowest BCUT2D eigenvalue weighted by molar-refractivity contribution is -0.275. The maximum Gasteiger partial charge on any atom is 0.573 e. The zero-order valence-corrected chi connectivity index (χ0v) is 18.4. The summed E-state index contributed by atoms with van der Waals surface area (Å²) in [6, 6.07) is 7.73. The second-order valence-corrected chi connectivity index (χ2v) is 9.69. The number of benzene rings is 2. The fraction of sp³-hybridized carbons (Fsp3) is 0.286. The van der Waals surface area contributed by atoms with Gasteiger partial charge >= 0.3 is 6.36 Å². The van der Waals surface area contributed by atoms with Gasteiger partial charge in [-0.2, -0.15) is 4.31 Å². The Bertz CT molecular complexity index is 1280. The van der Waals surface area contributed by atoms with Crippen LogP contribution in [0.25, 0.3) is 0 Å². The highest BCUT2D eigenvalue weighted by Crippen LogP contribution is 2.35. The van der Waals surface area contributed by atoms with Crippen LogP contribution in [0.1, 0.15) is 11.5 Å². The Kier molecular flexibility index (Phi) is 6.25. The van der Waals surface area contributed by atoms with Gasteiger partial charge in [-0.15, -0.1) is 13.2 Å². The third-order valence-electron chi connectivity index (χ3n) is 5.38. The van der Waals surface area contributed by atoms with Crippen molar-refractivity contribution in [2.24, 2.45) is 7.05 Å². The average Bonchev–Trinajstić information content (AvgIpc) is 3.37. The van der Waals surface area contributed by atoms with Crippen molar-refractivity contribution in [2.75, 3.05) is 18.4 Å². The van der Waals surface area contributed by atoms with Gasteiger partial charge in [0.25, 0.3) is 10.0 Å². The van der Waals surface area contributed by atoms with Crippen LogP contribution in [0.15, 0.2) is 60.0 Å². The molecule has 0 unspecified atom stereocenters. The van der Waals surface area contributed by atoms with E-state index in [9.17, 15) is 30.4 Å². The molecule has 34 heavy (non-hydrogen) atoms. The lowest BCUT2D eigenvalue weighted by Crippen LogP contribution is -2.32. The lowest BCUT2D eigenvalue weighted by atomic mass is 9.94. The molecule has 0 bridgehead atoms. The van der Waals surface area contributed by atoms with E-state index in [0.29, 0.717) is 5.56 Å². The summed E-state index contributed by atoms with van der Waals surface area (Å²) in [6.45, 7) is -0.0525. The topological polar surface area (TPSA) is 76.5 Å². The van der Waals surface area contributed by atoms with E-state index in [0.717, 1.165) is 12.1 Å². The van der Waals surface area contributed by atoms with E-state index < -0.39 is 45.7 Å². The molecule has 0 amide bonds. The highest BCUT2D eigenvalue weighted by molar-refractivity contribution is 7.89. The number of aromatic nitrogens is 2. The summed E-state index contributed by atoms with van der Waals surface area (Å²) in [7, 11) is -2.36. The van der Waals surface area contributed by atoms with Gasteiger partial charge in [0.15, 0.2) is 16.6 Å². The summed E-state index contributed by atoms with van der Waals surface area (Å²) < 4.78 is 97.7. The minimum absolute atomic E-state index is 0.00924. The van der Waals surface area contributed by atoms with Crippen molar-refractivity contribution in [2.45, 2.75) is 23.3 Å². The van der Waals surface area contributed by atoms with E-state index in [2.05, 4.69) is 15.0 Å². The predicted octanol–water partition coefficient (Wildman–Crippen LogP) is 3.87. The molecule has 0 spiro atoms. The Hall–Kier alpha value is -3.19. The highest BCUT2D eigenvalue weighted by Gasteiger charge is 2.41. The van der Waals surface area contributed by atoms with E-state index >= 15 is 0 Å². The van der Waals surface area contributed by atoms with Crippen LogP contribution in [0.2, 0.25) is 0 Å². The molecule has 2 atom stereocenters. The fourth-order valence-electron chi connectivity index (χ4n) is 3.82. The van der Waals surface area contributed by atoms with Gasteiger partial charge in [-0.1, -0.05) is 12.1 Å². The number of sulfonamides is 1. The molecule has 0 aliphatic carbocycles. The first-order chi connectivity index (χ1) is 15.9. The van der Waals surface area contributed by atoms with Crippen molar-refractivity contribution in [3.05, 3.63) is 72.2 Å². The molecule has 1 aromatic heterocycles. The SMILES string of the molecule is Cn1cnc(S(=O)(=O)N2C[C@H](Nc3ccc(F)c(OC(F)(F)F)c3)[C@@H](c3ccc(F)cc3)C2)c1. The number of nitrogens with one attached hydrogen (secondary N) is 1. The van der Waals surface area contributed by atoms with Crippen LogP contribution < -0.4 is 10.1 Å². The van der Waals surface area contributed by atoms with E-state index in [1.54, 1.807) is 7.05 Å². The molecule has 0 saturated carbocycles. The number of halogens is 5. The van der Waals surface area contributed by atoms with Crippen LogP contribution >= 0.6 is 0 Å². The van der Waals surface area contributed by atoms with Crippen LogP contribution in [0.3, 0.4) is 0 Å². The van der Waals surface area contributed by atoms with Crippen LogP contribution in [-0.4, -0.2) is 47.8 Å². The summed E-state index contributed by atoms with van der Waals surface area (Å²) in [5.41, 5.74) is 0.710. The Morgan fingerprint density at radius 2 is 1.79 bits per heavy atom. The maximum atomic E-state index is 13.8. The molecule has 182 valence electrons. The van der Waals surface area contributed by atoms with Gasteiger partial charge in [0, 0.05) is 50.0 Å². The van der Waals surface area contributed by atoms with E-state index in [1.807, 2.05) is 0 Å². The first-order valence-corrected chi connectivity index (χ1v) is 11.4. The number of ether oxygens (including phenoxy) is 1.